The first-order valence-corrected chi connectivity index (χ1v) is 5.53. The predicted octanol–water partition coefficient (Wildman–Crippen LogP) is 2.61. The van der Waals surface area contributed by atoms with Gasteiger partial charge in [-0.2, -0.15) is 0 Å². The molecule has 0 aliphatic carbocycles. The topological polar surface area (TPSA) is 55.3 Å². The molecule has 0 fully saturated rings. The lowest BCUT2D eigenvalue weighted by atomic mass is 10.2. The van der Waals surface area contributed by atoms with E-state index in [1.807, 2.05) is 20.8 Å². The number of carbonyl (C=O) groups is 1. The van der Waals surface area contributed by atoms with Gasteiger partial charge in [-0.3, -0.25) is 4.90 Å². The monoisotopic (exact) mass is 287 g/mol. The van der Waals surface area contributed by atoms with E-state index in [9.17, 15) is 4.79 Å². The molecule has 0 radical (unpaired) electrons. The van der Waals surface area contributed by atoms with Crippen molar-refractivity contribution in [1.82, 2.24) is 9.97 Å². The van der Waals surface area contributed by atoms with Gasteiger partial charge in [0.1, 0.15) is 22.3 Å². The standard InChI is InChI=1S/C10H14BrN3O2/c1-10(2,3)16-9(15)14(4)8-5-7(11)12-6-13-8/h5-6H,1-4H3. The molecule has 1 aromatic rings. The van der Waals surface area contributed by atoms with Gasteiger partial charge in [-0.15, -0.1) is 0 Å². The maximum Gasteiger partial charge on any atom is 0.415 e. The minimum Gasteiger partial charge on any atom is -0.443 e. The number of carbonyl (C=O) groups excluding carboxylic acids is 1. The molecule has 1 heterocycles. The van der Waals surface area contributed by atoms with Crippen molar-refractivity contribution in [2.75, 3.05) is 11.9 Å². The zero-order chi connectivity index (χ0) is 12.3. The molecule has 0 spiro atoms. The van der Waals surface area contributed by atoms with Crippen LogP contribution in [-0.4, -0.2) is 28.7 Å². The fraction of sp³-hybridized carbons (Fsp3) is 0.500. The lowest BCUT2D eigenvalue weighted by Crippen LogP contribution is -2.34. The normalized spacial score (nSPS) is 11.1. The molecular weight excluding hydrogens is 274 g/mol. The van der Waals surface area contributed by atoms with Crippen LogP contribution in [-0.2, 0) is 4.74 Å². The summed E-state index contributed by atoms with van der Waals surface area (Å²) >= 11 is 3.21. The van der Waals surface area contributed by atoms with Crippen LogP contribution >= 0.6 is 15.9 Å². The Kier molecular flexibility index (Phi) is 3.85. The Labute approximate surface area is 103 Å². The van der Waals surface area contributed by atoms with Gasteiger partial charge in [0.15, 0.2) is 0 Å². The van der Waals surface area contributed by atoms with Crippen molar-refractivity contribution in [3.8, 4) is 0 Å². The van der Waals surface area contributed by atoms with E-state index in [4.69, 9.17) is 4.74 Å². The van der Waals surface area contributed by atoms with Crippen LogP contribution in [0.25, 0.3) is 0 Å². The van der Waals surface area contributed by atoms with E-state index in [0.717, 1.165) is 0 Å². The molecule has 1 amide bonds. The average molecular weight is 288 g/mol. The second kappa shape index (κ2) is 4.78. The van der Waals surface area contributed by atoms with Gasteiger partial charge in [0, 0.05) is 13.1 Å². The molecule has 1 rings (SSSR count). The van der Waals surface area contributed by atoms with E-state index >= 15 is 0 Å². The third-order valence-electron chi connectivity index (χ3n) is 1.63. The van der Waals surface area contributed by atoms with Crippen molar-refractivity contribution < 1.29 is 9.53 Å². The molecule has 16 heavy (non-hydrogen) atoms. The Morgan fingerprint density at radius 3 is 2.56 bits per heavy atom. The van der Waals surface area contributed by atoms with Gasteiger partial charge < -0.3 is 4.74 Å². The molecule has 0 unspecified atom stereocenters. The van der Waals surface area contributed by atoms with Crippen LogP contribution in [0.2, 0.25) is 0 Å². The molecule has 5 nitrogen and oxygen atoms in total. The Bertz CT molecular complexity index is 390. The smallest absolute Gasteiger partial charge is 0.415 e. The van der Waals surface area contributed by atoms with Gasteiger partial charge >= 0.3 is 6.09 Å². The van der Waals surface area contributed by atoms with E-state index in [1.54, 1.807) is 13.1 Å². The highest BCUT2D eigenvalue weighted by atomic mass is 79.9. The van der Waals surface area contributed by atoms with Crippen molar-refractivity contribution in [2.24, 2.45) is 0 Å². The number of anilines is 1. The molecule has 6 heteroatoms. The molecule has 0 aromatic carbocycles. The Morgan fingerprint density at radius 1 is 1.44 bits per heavy atom. The van der Waals surface area contributed by atoms with Crippen molar-refractivity contribution in [1.29, 1.82) is 0 Å². The number of halogens is 1. The summed E-state index contributed by atoms with van der Waals surface area (Å²) in [5.74, 6) is 0.483. The lowest BCUT2D eigenvalue weighted by Gasteiger charge is -2.23. The molecule has 0 atom stereocenters. The van der Waals surface area contributed by atoms with Crippen LogP contribution in [0.1, 0.15) is 20.8 Å². The number of hydrogen-bond acceptors (Lipinski definition) is 4. The Hall–Kier alpha value is -1.17. The summed E-state index contributed by atoms with van der Waals surface area (Å²) < 4.78 is 5.82. The summed E-state index contributed by atoms with van der Waals surface area (Å²) in [6.07, 6.45) is 0.929. The maximum atomic E-state index is 11.7. The van der Waals surface area contributed by atoms with Crippen LogP contribution < -0.4 is 4.90 Å². The molecule has 0 bridgehead atoms. The number of nitrogens with zero attached hydrogens (tertiary/aromatic N) is 3. The lowest BCUT2D eigenvalue weighted by molar-refractivity contribution is 0.0588. The van der Waals surface area contributed by atoms with Gasteiger partial charge in [-0.05, 0) is 36.7 Å². The Balaban J connectivity index is 2.78. The fourth-order valence-corrected chi connectivity index (χ4v) is 1.23. The third kappa shape index (κ3) is 3.77. The predicted molar refractivity (Wildman–Crippen MR) is 64.4 cm³/mol. The summed E-state index contributed by atoms with van der Waals surface area (Å²) in [6.45, 7) is 5.44. The van der Waals surface area contributed by atoms with E-state index in [-0.39, 0.29) is 0 Å². The molecule has 0 aliphatic rings. The number of rotatable bonds is 1. The zero-order valence-electron chi connectivity index (χ0n) is 9.69. The highest BCUT2D eigenvalue weighted by molar-refractivity contribution is 9.10. The molecular formula is C10H14BrN3O2. The maximum absolute atomic E-state index is 11.7. The minimum absolute atomic E-state index is 0.446. The van der Waals surface area contributed by atoms with Crippen molar-refractivity contribution in [3.05, 3.63) is 17.0 Å². The fourth-order valence-electron chi connectivity index (χ4n) is 0.932. The number of aromatic nitrogens is 2. The first-order chi connectivity index (χ1) is 7.29. The van der Waals surface area contributed by atoms with Crippen LogP contribution in [0.4, 0.5) is 10.6 Å². The van der Waals surface area contributed by atoms with E-state index in [2.05, 4.69) is 25.9 Å². The molecule has 1 aromatic heterocycles. The largest absolute Gasteiger partial charge is 0.443 e. The Morgan fingerprint density at radius 2 is 2.06 bits per heavy atom. The van der Waals surface area contributed by atoms with Gasteiger partial charge in [-0.25, -0.2) is 14.8 Å². The first kappa shape index (κ1) is 12.9. The van der Waals surface area contributed by atoms with Crippen molar-refractivity contribution >= 4 is 27.8 Å². The summed E-state index contributed by atoms with van der Waals surface area (Å²) in [6, 6.07) is 1.64. The second-order valence-electron chi connectivity index (χ2n) is 4.24. The molecule has 0 aliphatic heterocycles. The van der Waals surface area contributed by atoms with Gasteiger partial charge in [-0.1, -0.05) is 0 Å². The third-order valence-corrected chi connectivity index (χ3v) is 2.06. The summed E-state index contributed by atoms with van der Waals surface area (Å²) in [7, 11) is 1.60. The number of hydrogen-bond donors (Lipinski definition) is 0. The van der Waals surface area contributed by atoms with Gasteiger partial charge in [0.25, 0.3) is 0 Å². The quantitative estimate of drug-likeness (QED) is 0.745. The van der Waals surface area contributed by atoms with Crippen LogP contribution in [0, 0.1) is 0 Å². The van der Waals surface area contributed by atoms with Gasteiger partial charge in [0.05, 0.1) is 0 Å². The van der Waals surface area contributed by atoms with Crippen LogP contribution in [0.3, 0.4) is 0 Å². The van der Waals surface area contributed by atoms with Gasteiger partial charge in [0.2, 0.25) is 0 Å². The minimum atomic E-state index is -0.518. The number of ether oxygens (including phenoxy) is 1. The SMILES string of the molecule is CN(C(=O)OC(C)(C)C)c1cc(Br)ncn1. The molecule has 0 saturated heterocycles. The summed E-state index contributed by atoms with van der Waals surface area (Å²) in [4.78, 5) is 20.9. The van der Waals surface area contributed by atoms with Crippen LogP contribution in [0.5, 0.6) is 0 Å². The molecule has 0 N–H and O–H groups in total. The first-order valence-electron chi connectivity index (χ1n) is 4.74. The zero-order valence-corrected chi connectivity index (χ0v) is 11.3. The average Bonchev–Trinajstić information content (AvgIpc) is 2.14. The summed E-state index contributed by atoms with van der Waals surface area (Å²) in [5.41, 5.74) is -0.518. The van der Waals surface area contributed by atoms with E-state index in [1.165, 1.54) is 11.2 Å². The molecule has 88 valence electrons. The van der Waals surface area contributed by atoms with E-state index in [0.29, 0.717) is 10.4 Å². The second-order valence-corrected chi connectivity index (χ2v) is 5.05. The van der Waals surface area contributed by atoms with Crippen molar-refractivity contribution in [2.45, 2.75) is 26.4 Å². The van der Waals surface area contributed by atoms with Crippen molar-refractivity contribution in [3.63, 3.8) is 0 Å². The number of amides is 1. The van der Waals surface area contributed by atoms with Crippen LogP contribution in [0.15, 0.2) is 17.0 Å². The van der Waals surface area contributed by atoms with E-state index < -0.39 is 11.7 Å². The highest BCUT2D eigenvalue weighted by Gasteiger charge is 2.21. The molecule has 0 saturated carbocycles. The summed E-state index contributed by atoms with van der Waals surface area (Å²) in [5, 5.41) is 0. The highest BCUT2D eigenvalue weighted by Crippen LogP contribution is 2.16.